The fourth-order valence-electron chi connectivity index (χ4n) is 1.14. The third kappa shape index (κ3) is 2.71. The monoisotopic (exact) mass is 208 g/mol. The Morgan fingerprint density at radius 2 is 1.60 bits per heavy atom. The summed E-state index contributed by atoms with van der Waals surface area (Å²) in [6.07, 6.45) is -3.34. The van der Waals surface area contributed by atoms with Crippen molar-refractivity contribution in [3.8, 4) is 0 Å². The van der Waals surface area contributed by atoms with Gasteiger partial charge in [0.25, 0.3) is 0 Å². The molecule has 0 aliphatic rings. The summed E-state index contributed by atoms with van der Waals surface area (Å²) in [5.74, 6) is -1.29. The maximum absolute atomic E-state index is 11.5. The van der Waals surface area contributed by atoms with Crippen LogP contribution in [0.1, 0.15) is 17.3 Å². The zero-order valence-corrected chi connectivity index (χ0v) is 8.25. The van der Waals surface area contributed by atoms with Gasteiger partial charge in [-0.15, -0.1) is 0 Å². The third-order valence-electron chi connectivity index (χ3n) is 2.04. The van der Waals surface area contributed by atoms with Crippen molar-refractivity contribution in [3.63, 3.8) is 0 Å². The van der Waals surface area contributed by atoms with Crippen LogP contribution < -0.4 is 0 Å². The number of carbonyl (C=O) groups is 2. The van der Waals surface area contributed by atoms with Crippen LogP contribution in [0.5, 0.6) is 0 Å². The summed E-state index contributed by atoms with van der Waals surface area (Å²) < 4.78 is 0. The normalized spacial score (nSPS) is 14.3. The molecule has 0 aliphatic carbocycles. The highest BCUT2D eigenvalue weighted by molar-refractivity contribution is 6.02. The molecule has 2 N–H and O–H groups in total. The van der Waals surface area contributed by atoms with E-state index in [9.17, 15) is 19.8 Å². The molecule has 0 aliphatic heterocycles. The topological polar surface area (TPSA) is 74.6 Å². The molecule has 4 heteroatoms. The number of rotatable bonds is 4. The van der Waals surface area contributed by atoms with Crippen LogP contribution in [-0.4, -0.2) is 34.0 Å². The first-order chi connectivity index (χ1) is 7.04. The largest absolute Gasteiger partial charge is 0.382 e. The second-order valence-electron chi connectivity index (χ2n) is 3.23. The lowest BCUT2D eigenvalue weighted by molar-refractivity contribution is -0.129. The van der Waals surface area contributed by atoms with Gasteiger partial charge in [-0.25, -0.2) is 0 Å². The van der Waals surface area contributed by atoms with E-state index in [1.807, 2.05) is 0 Å². The molecule has 0 saturated heterocycles. The molecule has 4 nitrogen and oxygen atoms in total. The Morgan fingerprint density at radius 1 is 1.07 bits per heavy atom. The standard InChI is InChI=1S/C11H12O4/c1-7(12)9(13)11(15)10(14)8-5-3-2-4-6-8/h2-6,9,11,13,15H,1H3/t9?,11-/m0/s1. The van der Waals surface area contributed by atoms with Gasteiger partial charge in [0.05, 0.1) is 0 Å². The summed E-state index contributed by atoms with van der Waals surface area (Å²) >= 11 is 0. The minimum absolute atomic E-state index is 0.269. The van der Waals surface area contributed by atoms with Crippen molar-refractivity contribution in [2.24, 2.45) is 0 Å². The summed E-state index contributed by atoms with van der Waals surface area (Å²) in [6, 6.07) is 8.03. The van der Waals surface area contributed by atoms with Gasteiger partial charge in [0, 0.05) is 5.56 Å². The molecule has 0 radical (unpaired) electrons. The van der Waals surface area contributed by atoms with Crippen molar-refractivity contribution in [1.29, 1.82) is 0 Å². The predicted octanol–water partition coefficient (Wildman–Crippen LogP) is 0.180. The van der Waals surface area contributed by atoms with Crippen molar-refractivity contribution >= 4 is 11.6 Å². The van der Waals surface area contributed by atoms with E-state index >= 15 is 0 Å². The SMILES string of the molecule is CC(=O)C(O)[C@H](O)C(=O)c1ccccc1. The van der Waals surface area contributed by atoms with E-state index in [1.165, 1.54) is 12.1 Å². The molecule has 0 aromatic heterocycles. The van der Waals surface area contributed by atoms with E-state index < -0.39 is 23.8 Å². The summed E-state index contributed by atoms with van der Waals surface area (Å²) in [5.41, 5.74) is 0.269. The van der Waals surface area contributed by atoms with Crippen LogP contribution in [0, 0.1) is 0 Å². The van der Waals surface area contributed by atoms with Crippen LogP contribution in [0.15, 0.2) is 30.3 Å². The lowest BCUT2D eigenvalue weighted by Crippen LogP contribution is -2.38. The highest BCUT2D eigenvalue weighted by atomic mass is 16.3. The quantitative estimate of drug-likeness (QED) is 0.692. The van der Waals surface area contributed by atoms with Gasteiger partial charge in [-0.1, -0.05) is 30.3 Å². The van der Waals surface area contributed by atoms with Crippen molar-refractivity contribution < 1.29 is 19.8 Å². The molecule has 0 heterocycles. The fraction of sp³-hybridized carbons (Fsp3) is 0.273. The Kier molecular flexibility index (Phi) is 3.71. The smallest absolute Gasteiger partial charge is 0.194 e. The number of carbonyl (C=O) groups excluding carboxylic acids is 2. The van der Waals surface area contributed by atoms with Gasteiger partial charge in [-0.05, 0) is 6.92 Å². The number of ketones is 2. The van der Waals surface area contributed by atoms with Gasteiger partial charge >= 0.3 is 0 Å². The van der Waals surface area contributed by atoms with E-state index in [2.05, 4.69) is 0 Å². The van der Waals surface area contributed by atoms with Crippen LogP contribution >= 0.6 is 0 Å². The molecule has 0 fully saturated rings. The van der Waals surface area contributed by atoms with Gasteiger partial charge < -0.3 is 10.2 Å². The van der Waals surface area contributed by atoms with Crippen LogP contribution in [0.3, 0.4) is 0 Å². The molecular formula is C11H12O4. The van der Waals surface area contributed by atoms with E-state index in [1.54, 1.807) is 18.2 Å². The lowest BCUT2D eigenvalue weighted by Gasteiger charge is -2.13. The molecule has 2 atom stereocenters. The van der Waals surface area contributed by atoms with Crippen LogP contribution in [0.25, 0.3) is 0 Å². The van der Waals surface area contributed by atoms with Gasteiger partial charge in [0.2, 0.25) is 0 Å². The maximum Gasteiger partial charge on any atom is 0.194 e. The molecule has 1 unspecified atom stereocenters. The molecule has 0 spiro atoms. The minimum atomic E-state index is -1.69. The average molecular weight is 208 g/mol. The highest BCUT2D eigenvalue weighted by Crippen LogP contribution is 2.06. The highest BCUT2D eigenvalue weighted by Gasteiger charge is 2.28. The molecule has 1 aromatic carbocycles. The first-order valence-corrected chi connectivity index (χ1v) is 4.50. The predicted molar refractivity (Wildman–Crippen MR) is 53.5 cm³/mol. The number of hydrogen-bond donors (Lipinski definition) is 2. The summed E-state index contributed by atoms with van der Waals surface area (Å²) in [7, 11) is 0. The van der Waals surface area contributed by atoms with Crippen molar-refractivity contribution in [2.45, 2.75) is 19.1 Å². The molecular weight excluding hydrogens is 196 g/mol. The van der Waals surface area contributed by atoms with Crippen LogP contribution in [-0.2, 0) is 4.79 Å². The molecule has 80 valence electrons. The number of benzene rings is 1. The van der Waals surface area contributed by atoms with Gasteiger partial charge in [0.1, 0.15) is 12.2 Å². The Hall–Kier alpha value is -1.52. The maximum atomic E-state index is 11.5. The Bertz CT molecular complexity index is 358. The molecule has 1 aromatic rings. The molecule has 1 rings (SSSR count). The first kappa shape index (κ1) is 11.6. The van der Waals surface area contributed by atoms with Crippen LogP contribution in [0.2, 0.25) is 0 Å². The van der Waals surface area contributed by atoms with E-state index in [0.29, 0.717) is 0 Å². The third-order valence-corrected chi connectivity index (χ3v) is 2.04. The Balaban J connectivity index is 2.82. The number of hydrogen-bond acceptors (Lipinski definition) is 4. The Labute approximate surface area is 87.2 Å². The van der Waals surface area contributed by atoms with Crippen molar-refractivity contribution in [3.05, 3.63) is 35.9 Å². The molecule has 0 saturated carbocycles. The van der Waals surface area contributed by atoms with Gasteiger partial charge in [-0.3, -0.25) is 9.59 Å². The van der Waals surface area contributed by atoms with Crippen molar-refractivity contribution in [1.82, 2.24) is 0 Å². The second kappa shape index (κ2) is 4.82. The number of Topliss-reactive ketones (excluding diaryl/α,β-unsaturated/α-hetero) is 2. The molecule has 0 amide bonds. The Morgan fingerprint density at radius 3 is 2.07 bits per heavy atom. The van der Waals surface area contributed by atoms with Crippen molar-refractivity contribution in [2.75, 3.05) is 0 Å². The molecule has 0 bridgehead atoms. The molecule has 15 heavy (non-hydrogen) atoms. The summed E-state index contributed by atoms with van der Waals surface area (Å²) in [4.78, 5) is 22.3. The van der Waals surface area contributed by atoms with E-state index in [4.69, 9.17) is 0 Å². The zero-order chi connectivity index (χ0) is 11.4. The second-order valence-corrected chi connectivity index (χ2v) is 3.23. The summed E-state index contributed by atoms with van der Waals surface area (Å²) in [6.45, 7) is 1.12. The van der Waals surface area contributed by atoms with Gasteiger partial charge in [-0.2, -0.15) is 0 Å². The minimum Gasteiger partial charge on any atom is -0.382 e. The summed E-state index contributed by atoms with van der Waals surface area (Å²) in [5, 5.41) is 18.6. The first-order valence-electron chi connectivity index (χ1n) is 4.50. The number of aliphatic hydroxyl groups excluding tert-OH is 2. The lowest BCUT2D eigenvalue weighted by atomic mass is 10.0. The van der Waals surface area contributed by atoms with Gasteiger partial charge in [0.15, 0.2) is 11.6 Å². The fourth-order valence-corrected chi connectivity index (χ4v) is 1.14. The number of aliphatic hydroxyl groups is 2. The van der Waals surface area contributed by atoms with E-state index in [0.717, 1.165) is 6.92 Å². The van der Waals surface area contributed by atoms with Crippen LogP contribution in [0.4, 0.5) is 0 Å². The van der Waals surface area contributed by atoms with E-state index in [-0.39, 0.29) is 5.56 Å². The zero-order valence-electron chi connectivity index (χ0n) is 8.25. The average Bonchev–Trinajstić information content (AvgIpc) is 2.27.